The summed E-state index contributed by atoms with van der Waals surface area (Å²) in [4.78, 5) is 17.3. The quantitative estimate of drug-likeness (QED) is 0.758. The van der Waals surface area contributed by atoms with Gasteiger partial charge in [-0.15, -0.1) is 0 Å². The lowest BCUT2D eigenvalue weighted by molar-refractivity contribution is 0.0929. The molecule has 0 spiro atoms. The third-order valence-electron chi connectivity index (χ3n) is 4.89. The summed E-state index contributed by atoms with van der Waals surface area (Å²) >= 11 is 0. The molecule has 0 aliphatic heterocycles. The predicted octanol–water partition coefficient (Wildman–Crippen LogP) is 4.40. The maximum atomic E-state index is 14.3. The molecule has 0 saturated heterocycles. The number of hydrogen-bond acceptors (Lipinski definition) is 4. The highest BCUT2D eigenvalue weighted by molar-refractivity contribution is 6.09. The zero-order valence-electron chi connectivity index (χ0n) is 14.6. The molecule has 26 heavy (non-hydrogen) atoms. The molecule has 6 heteroatoms. The number of carbonyl (C=O) groups is 1. The molecule has 3 aromatic rings. The molecule has 2 heterocycles. The number of rotatable bonds is 3. The first-order chi connectivity index (χ1) is 12.6. The molecule has 4 rings (SSSR count). The number of carbonyl (C=O) groups excluding carboxylic acids is 1. The van der Waals surface area contributed by atoms with Crippen LogP contribution in [0.2, 0.25) is 0 Å². The smallest absolute Gasteiger partial charge is 0.259 e. The molecule has 1 amide bonds. The standard InChI is InChI=1S/C20H20FN3O2/c1-12-11-15(19(25)23-13-7-3-2-4-8-13)17-18(24-26-20(17)22-12)14-9-5-6-10-16(14)21/h5-6,9-11,13H,2-4,7-8H2,1H3,(H,23,25). The number of benzene rings is 1. The normalized spacial score (nSPS) is 15.3. The van der Waals surface area contributed by atoms with Crippen LogP contribution in [0.15, 0.2) is 34.9 Å². The zero-order valence-corrected chi connectivity index (χ0v) is 14.6. The van der Waals surface area contributed by atoms with Crippen LogP contribution in [0.25, 0.3) is 22.4 Å². The molecule has 2 aromatic heterocycles. The highest BCUT2D eigenvalue weighted by Gasteiger charge is 2.24. The van der Waals surface area contributed by atoms with Crippen LogP contribution in [0.5, 0.6) is 0 Å². The summed E-state index contributed by atoms with van der Waals surface area (Å²) < 4.78 is 19.6. The van der Waals surface area contributed by atoms with Crippen LogP contribution in [0.3, 0.4) is 0 Å². The van der Waals surface area contributed by atoms with Crippen LogP contribution < -0.4 is 5.32 Å². The molecule has 1 saturated carbocycles. The van der Waals surface area contributed by atoms with E-state index in [2.05, 4.69) is 15.5 Å². The Labute approximate surface area is 150 Å². The van der Waals surface area contributed by atoms with E-state index in [-0.39, 0.29) is 17.7 Å². The van der Waals surface area contributed by atoms with Crippen molar-refractivity contribution in [2.45, 2.75) is 45.1 Å². The maximum absolute atomic E-state index is 14.3. The first kappa shape index (κ1) is 16.7. The summed E-state index contributed by atoms with van der Waals surface area (Å²) in [6.45, 7) is 1.79. The topological polar surface area (TPSA) is 68.0 Å². The lowest BCUT2D eigenvalue weighted by atomic mass is 9.95. The molecule has 0 unspecified atom stereocenters. The van der Waals surface area contributed by atoms with E-state index in [9.17, 15) is 9.18 Å². The first-order valence-electron chi connectivity index (χ1n) is 8.96. The van der Waals surface area contributed by atoms with Crippen molar-refractivity contribution >= 4 is 17.0 Å². The van der Waals surface area contributed by atoms with E-state index in [0.29, 0.717) is 27.9 Å². The highest BCUT2D eigenvalue weighted by atomic mass is 19.1. The zero-order chi connectivity index (χ0) is 18.1. The highest BCUT2D eigenvalue weighted by Crippen LogP contribution is 2.32. The molecule has 0 atom stereocenters. The van der Waals surface area contributed by atoms with Crippen LogP contribution in [-0.2, 0) is 0 Å². The van der Waals surface area contributed by atoms with Gasteiger partial charge < -0.3 is 9.84 Å². The van der Waals surface area contributed by atoms with Gasteiger partial charge in [0.1, 0.15) is 11.5 Å². The van der Waals surface area contributed by atoms with E-state index in [1.807, 2.05) is 0 Å². The summed E-state index contributed by atoms with van der Waals surface area (Å²) in [6, 6.07) is 8.20. The fourth-order valence-corrected chi connectivity index (χ4v) is 3.60. The first-order valence-corrected chi connectivity index (χ1v) is 8.96. The van der Waals surface area contributed by atoms with Gasteiger partial charge in [0.15, 0.2) is 0 Å². The second-order valence-electron chi connectivity index (χ2n) is 6.81. The second-order valence-corrected chi connectivity index (χ2v) is 6.81. The second kappa shape index (κ2) is 6.86. The molecule has 0 bridgehead atoms. The number of halogens is 1. The lowest BCUT2D eigenvalue weighted by Gasteiger charge is -2.23. The number of pyridine rings is 1. The molecule has 5 nitrogen and oxygen atoms in total. The maximum Gasteiger partial charge on any atom is 0.259 e. The van der Waals surface area contributed by atoms with E-state index < -0.39 is 5.82 Å². The number of nitrogens with one attached hydrogen (secondary N) is 1. The minimum atomic E-state index is -0.415. The van der Waals surface area contributed by atoms with Gasteiger partial charge in [-0.25, -0.2) is 9.37 Å². The fourth-order valence-electron chi connectivity index (χ4n) is 3.60. The van der Waals surface area contributed by atoms with Crippen molar-refractivity contribution in [2.24, 2.45) is 0 Å². The van der Waals surface area contributed by atoms with Gasteiger partial charge in [-0.1, -0.05) is 36.6 Å². The summed E-state index contributed by atoms with van der Waals surface area (Å²) in [5, 5.41) is 7.56. The van der Waals surface area contributed by atoms with Crippen LogP contribution in [0.1, 0.15) is 48.2 Å². The number of nitrogens with zero attached hydrogens (tertiary/aromatic N) is 2. The molecule has 1 aliphatic rings. The van der Waals surface area contributed by atoms with Gasteiger partial charge in [0.2, 0.25) is 0 Å². The molecule has 0 radical (unpaired) electrons. The van der Waals surface area contributed by atoms with Crippen molar-refractivity contribution in [3.63, 3.8) is 0 Å². The molecule has 1 aliphatic carbocycles. The van der Waals surface area contributed by atoms with Gasteiger partial charge >= 0.3 is 0 Å². The lowest BCUT2D eigenvalue weighted by Crippen LogP contribution is -2.36. The minimum Gasteiger partial charge on any atom is -0.349 e. The van der Waals surface area contributed by atoms with Crippen molar-refractivity contribution in [3.05, 3.63) is 47.4 Å². The molecular weight excluding hydrogens is 333 g/mol. The third kappa shape index (κ3) is 3.07. The Morgan fingerprint density at radius 1 is 1.23 bits per heavy atom. The van der Waals surface area contributed by atoms with Gasteiger partial charge in [-0.3, -0.25) is 4.79 Å². The Morgan fingerprint density at radius 2 is 2.00 bits per heavy atom. The van der Waals surface area contributed by atoms with Crippen LogP contribution >= 0.6 is 0 Å². The van der Waals surface area contributed by atoms with Crippen molar-refractivity contribution in [1.29, 1.82) is 0 Å². The summed E-state index contributed by atoms with van der Waals surface area (Å²) in [6.07, 6.45) is 5.45. The monoisotopic (exact) mass is 353 g/mol. The number of aromatic nitrogens is 2. The molecule has 1 aromatic carbocycles. The average Bonchev–Trinajstić information content (AvgIpc) is 3.05. The van der Waals surface area contributed by atoms with Crippen LogP contribution in [-0.4, -0.2) is 22.1 Å². The van der Waals surface area contributed by atoms with Crippen LogP contribution in [0, 0.1) is 12.7 Å². The molecule has 134 valence electrons. The Kier molecular flexibility index (Phi) is 4.41. The van der Waals surface area contributed by atoms with Crippen molar-refractivity contribution in [1.82, 2.24) is 15.5 Å². The number of hydrogen-bond donors (Lipinski definition) is 1. The van der Waals surface area contributed by atoms with Crippen molar-refractivity contribution < 1.29 is 13.7 Å². The van der Waals surface area contributed by atoms with E-state index in [1.165, 1.54) is 12.5 Å². The fraction of sp³-hybridized carbons (Fsp3) is 0.350. The van der Waals surface area contributed by atoms with Gasteiger partial charge in [-0.2, -0.15) is 0 Å². The van der Waals surface area contributed by atoms with Crippen molar-refractivity contribution in [2.75, 3.05) is 0 Å². The van der Waals surface area contributed by atoms with E-state index in [4.69, 9.17) is 4.52 Å². The Hall–Kier alpha value is -2.76. The van der Waals surface area contributed by atoms with E-state index in [1.54, 1.807) is 31.2 Å². The molecule has 1 N–H and O–H groups in total. The van der Waals surface area contributed by atoms with Gasteiger partial charge in [0, 0.05) is 17.3 Å². The molecular formula is C20H20FN3O2. The van der Waals surface area contributed by atoms with E-state index >= 15 is 0 Å². The number of aryl methyl sites for hydroxylation is 1. The predicted molar refractivity (Wildman–Crippen MR) is 96.3 cm³/mol. The number of fused-ring (bicyclic) bond motifs is 1. The summed E-state index contributed by atoms with van der Waals surface area (Å²) in [5.41, 5.74) is 1.93. The summed E-state index contributed by atoms with van der Waals surface area (Å²) in [5.74, 6) is -0.602. The minimum absolute atomic E-state index is 0.177. The van der Waals surface area contributed by atoms with Gasteiger partial charge in [0.25, 0.3) is 11.6 Å². The van der Waals surface area contributed by atoms with Crippen molar-refractivity contribution in [3.8, 4) is 11.3 Å². The summed E-state index contributed by atoms with van der Waals surface area (Å²) in [7, 11) is 0. The third-order valence-corrected chi connectivity index (χ3v) is 4.89. The molecule has 1 fully saturated rings. The Bertz CT molecular complexity index is 961. The van der Waals surface area contributed by atoms with E-state index in [0.717, 1.165) is 25.7 Å². The van der Waals surface area contributed by atoms with Crippen LogP contribution in [0.4, 0.5) is 4.39 Å². The SMILES string of the molecule is Cc1cc(C(=O)NC2CCCCC2)c2c(-c3ccccc3F)noc2n1. The average molecular weight is 353 g/mol. The largest absolute Gasteiger partial charge is 0.349 e. The Morgan fingerprint density at radius 3 is 2.77 bits per heavy atom. The number of amides is 1. The van der Waals surface area contributed by atoms with Gasteiger partial charge in [-0.05, 0) is 38.0 Å². The Balaban J connectivity index is 1.79. The van der Waals surface area contributed by atoms with Gasteiger partial charge in [0.05, 0.1) is 10.9 Å².